The Morgan fingerprint density at radius 2 is 1.77 bits per heavy atom. The van der Waals surface area contributed by atoms with E-state index >= 15 is 0 Å². The fraction of sp³-hybridized carbons (Fsp3) is 0.182. The molecule has 0 aliphatic carbocycles. The maximum Gasteiger partial charge on any atom is 0.289 e. The number of imide groups is 1. The first-order chi connectivity index (χ1) is 14.5. The third-order valence-corrected chi connectivity index (χ3v) is 6.28. The number of carbonyl (C=O) groups is 3. The minimum atomic E-state index is -0.215. The minimum Gasteiger partial charge on any atom is -0.326 e. The quantitative estimate of drug-likeness (QED) is 0.614. The number of nitrogens with one attached hydrogen (secondary N) is 1. The molecule has 3 amide bonds. The fourth-order valence-corrected chi connectivity index (χ4v) is 4.44. The molecule has 1 aliphatic rings. The summed E-state index contributed by atoms with van der Waals surface area (Å²) in [5.74, 6) is -0.0724. The molecule has 1 aliphatic heterocycles. The van der Waals surface area contributed by atoms with Crippen LogP contribution in [0.25, 0.3) is 11.3 Å². The molecule has 4 rings (SSSR count). The Bertz CT molecular complexity index is 1080. The van der Waals surface area contributed by atoms with Gasteiger partial charge in [0.05, 0.1) is 29.4 Å². The lowest BCUT2D eigenvalue weighted by Gasteiger charge is -2.13. The Kier molecular flexibility index (Phi) is 5.96. The van der Waals surface area contributed by atoms with E-state index in [4.69, 9.17) is 0 Å². The molecular formula is C22H19N3O3S2. The van der Waals surface area contributed by atoms with Gasteiger partial charge in [0.1, 0.15) is 0 Å². The third-order valence-electron chi connectivity index (χ3n) is 4.65. The molecule has 3 aromatic rings. The summed E-state index contributed by atoms with van der Waals surface area (Å²) >= 11 is 2.64. The average molecular weight is 438 g/mol. The lowest BCUT2D eigenvalue weighted by atomic mass is 10.1. The normalized spacial score (nSPS) is 13.7. The summed E-state index contributed by atoms with van der Waals surface area (Å²) in [6.07, 6.45) is 0.270. The molecule has 0 radical (unpaired) electrons. The van der Waals surface area contributed by atoms with Crippen molar-refractivity contribution in [2.24, 2.45) is 0 Å². The van der Waals surface area contributed by atoms with Gasteiger partial charge in [-0.1, -0.05) is 48.2 Å². The highest BCUT2D eigenvalue weighted by molar-refractivity contribution is 8.14. The number of hydrogen-bond donors (Lipinski definition) is 1. The van der Waals surface area contributed by atoms with Crippen LogP contribution < -0.4 is 5.32 Å². The fourth-order valence-electron chi connectivity index (χ4n) is 3.09. The highest BCUT2D eigenvalue weighted by atomic mass is 32.2. The van der Waals surface area contributed by atoms with Gasteiger partial charge in [-0.25, -0.2) is 4.98 Å². The van der Waals surface area contributed by atoms with Crippen LogP contribution in [0.5, 0.6) is 0 Å². The Morgan fingerprint density at radius 3 is 2.37 bits per heavy atom. The van der Waals surface area contributed by atoms with Crippen LogP contribution in [-0.4, -0.2) is 32.7 Å². The predicted octanol–water partition coefficient (Wildman–Crippen LogP) is 4.50. The van der Waals surface area contributed by atoms with Crippen molar-refractivity contribution in [2.45, 2.75) is 19.9 Å². The number of hydrogen-bond acceptors (Lipinski definition) is 6. The monoisotopic (exact) mass is 437 g/mol. The van der Waals surface area contributed by atoms with Gasteiger partial charge in [-0.05, 0) is 30.2 Å². The van der Waals surface area contributed by atoms with Crippen molar-refractivity contribution in [1.29, 1.82) is 0 Å². The molecule has 0 spiro atoms. The molecule has 8 heteroatoms. The molecule has 1 fully saturated rings. The summed E-state index contributed by atoms with van der Waals surface area (Å²) in [5, 5.41) is 5.71. The maximum absolute atomic E-state index is 12.4. The van der Waals surface area contributed by atoms with E-state index in [0.717, 1.165) is 39.2 Å². The zero-order valence-electron chi connectivity index (χ0n) is 16.3. The number of thiazole rings is 1. The van der Waals surface area contributed by atoms with Crippen LogP contribution in [0.3, 0.4) is 0 Å². The molecular weight excluding hydrogens is 418 g/mol. The van der Waals surface area contributed by atoms with Gasteiger partial charge in [-0.15, -0.1) is 11.3 Å². The predicted molar refractivity (Wildman–Crippen MR) is 119 cm³/mol. The Hall–Kier alpha value is -2.97. The van der Waals surface area contributed by atoms with Crippen molar-refractivity contribution in [3.8, 4) is 11.3 Å². The largest absolute Gasteiger partial charge is 0.326 e. The topological polar surface area (TPSA) is 79.4 Å². The van der Waals surface area contributed by atoms with E-state index in [1.54, 1.807) is 23.5 Å². The smallest absolute Gasteiger partial charge is 0.289 e. The highest BCUT2D eigenvalue weighted by Gasteiger charge is 2.29. The second-order valence-corrected chi connectivity index (χ2v) is 8.89. The van der Waals surface area contributed by atoms with Gasteiger partial charge in [-0.2, -0.15) is 0 Å². The molecule has 1 saturated heterocycles. The highest BCUT2D eigenvalue weighted by Crippen LogP contribution is 2.23. The molecule has 1 N–H and O–H groups in total. The third kappa shape index (κ3) is 4.77. The number of rotatable bonds is 6. The first-order valence-corrected chi connectivity index (χ1v) is 11.2. The van der Waals surface area contributed by atoms with Gasteiger partial charge in [0, 0.05) is 16.6 Å². The first kappa shape index (κ1) is 20.3. The van der Waals surface area contributed by atoms with Crippen molar-refractivity contribution in [1.82, 2.24) is 9.88 Å². The van der Waals surface area contributed by atoms with Crippen LogP contribution in [0.1, 0.15) is 16.1 Å². The van der Waals surface area contributed by atoms with Gasteiger partial charge in [0.2, 0.25) is 11.8 Å². The Balaban J connectivity index is 1.32. The standard InChI is InChI=1S/C22H19N3O3S2/c1-14-23-19(12-29-14)17-6-2-15(3-7-17)10-20(26)24-18-8-4-16(5-9-18)11-25-21(27)13-30-22(25)28/h2-9,12H,10-11,13H2,1H3,(H,24,26). The molecule has 1 aromatic heterocycles. The number of aromatic nitrogens is 1. The zero-order valence-corrected chi connectivity index (χ0v) is 17.9. The average Bonchev–Trinajstić information content (AvgIpc) is 3.30. The summed E-state index contributed by atoms with van der Waals surface area (Å²) in [6.45, 7) is 2.23. The van der Waals surface area contributed by atoms with Crippen molar-refractivity contribution < 1.29 is 14.4 Å². The summed E-state index contributed by atoms with van der Waals surface area (Å²) in [7, 11) is 0. The Morgan fingerprint density at radius 1 is 1.07 bits per heavy atom. The lowest BCUT2D eigenvalue weighted by molar-refractivity contribution is -0.125. The number of thioether (sulfide) groups is 1. The van der Waals surface area contributed by atoms with E-state index in [1.165, 1.54) is 4.90 Å². The van der Waals surface area contributed by atoms with Gasteiger partial charge in [-0.3, -0.25) is 19.3 Å². The molecule has 2 aromatic carbocycles. The molecule has 30 heavy (non-hydrogen) atoms. The second-order valence-electron chi connectivity index (χ2n) is 6.91. The van der Waals surface area contributed by atoms with E-state index in [9.17, 15) is 14.4 Å². The van der Waals surface area contributed by atoms with Gasteiger partial charge in [0.25, 0.3) is 5.24 Å². The van der Waals surface area contributed by atoms with Gasteiger partial charge >= 0.3 is 0 Å². The molecule has 152 valence electrons. The van der Waals surface area contributed by atoms with Crippen molar-refractivity contribution in [3.05, 3.63) is 70.0 Å². The molecule has 2 heterocycles. The maximum atomic E-state index is 12.4. The van der Waals surface area contributed by atoms with Gasteiger partial charge < -0.3 is 5.32 Å². The zero-order chi connectivity index (χ0) is 21.1. The summed E-state index contributed by atoms with van der Waals surface area (Å²) in [6, 6.07) is 15.0. The van der Waals surface area contributed by atoms with Crippen LogP contribution >= 0.6 is 23.1 Å². The molecule has 0 saturated carbocycles. The van der Waals surface area contributed by atoms with Crippen molar-refractivity contribution in [3.63, 3.8) is 0 Å². The van der Waals surface area contributed by atoms with Gasteiger partial charge in [0.15, 0.2) is 0 Å². The van der Waals surface area contributed by atoms with E-state index in [1.807, 2.05) is 48.7 Å². The summed E-state index contributed by atoms with van der Waals surface area (Å²) in [4.78, 5) is 41.5. The van der Waals surface area contributed by atoms with Crippen LogP contribution in [0.15, 0.2) is 53.9 Å². The number of amides is 3. The second kappa shape index (κ2) is 8.81. The van der Waals surface area contributed by atoms with Crippen LogP contribution in [-0.2, 0) is 22.6 Å². The van der Waals surface area contributed by atoms with Crippen LogP contribution in [0.2, 0.25) is 0 Å². The number of anilines is 1. The molecule has 0 atom stereocenters. The van der Waals surface area contributed by atoms with E-state index < -0.39 is 0 Å². The first-order valence-electron chi connectivity index (χ1n) is 9.35. The van der Waals surface area contributed by atoms with E-state index in [2.05, 4.69) is 10.3 Å². The van der Waals surface area contributed by atoms with E-state index in [-0.39, 0.29) is 35.8 Å². The SMILES string of the molecule is Cc1nc(-c2ccc(CC(=O)Nc3ccc(CN4C(=O)CSC4=O)cc3)cc2)cs1. The number of nitrogens with zero attached hydrogens (tertiary/aromatic N) is 2. The van der Waals surface area contributed by atoms with Crippen molar-refractivity contribution >= 4 is 45.8 Å². The lowest BCUT2D eigenvalue weighted by Crippen LogP contribution is -2.27. The minimum absolute atomic E-state index is 0.110. The summed E-state index contributed by atoms with van der Waals surface area (Å²) in [5.41, 5.74) is 4.41. The number of carbonyl (C=O) groups excluding carboxylic acids is 3. The van der Waals surface area contributed by atoms with Crippen LogP contribution in [0.4, 0.5) is 10.5 Å². The molecule has 0 bridgehead atoms. The van der Waals surface area contributed by atoms with E-state index in [0.29, 0.717) is 5.69 Å². The number of benzene rings is 2. The van der Waals surface area contributed by atoms with Crippen molar-refractivity contribution in [2.75, 3.05) is 11.1 Å². The molecule has 6 nitrogen and oxygen atoms in total. The molecule has 0 unspecified atom stereocenters. The number of aryl methyl sites for hydroxylation is 1. The Labute approximate surface area is 182 Å². The summed E-state index contributed by atoms with van der Waals surface area (Å²) < 4.78 is 0. The van der Waals surface area contributed by atoms with Crippen LogP contribution in [0, 0.1) is 6.92 Å².